The highest BCUT2D eigenvalue weighted by molar-refractivity contribution is 5.83. The molecule has 0 N–H and O–H groups in total. The maximum atomic E-state index is 10.5. The molecule has 0 amide bonds. The number of unbranched alkanes of at least 4 members (excludes halogenated alkanes) is 9. The van der Waals surface area contributed by atoms with E-state index in [9.17, 15) is 9.90 Å². The molecule has 0 unspecified atom stereocenters. The van der Waals surface area contributed by atoms with Crippen LogP contribution in [0.1, 0.15) is 71.1 Å². The van der Waals surface area contributed by atoms with Crippen LogP contribution in [0, 0.1) is 0 Å². The van der Waals surface area contributed by atoms with Gasteiger partial charge in [0.05, 0.1) is 33.7 Å². The van der Waals surface area contributed by atoms with Crippen LogP contribution in [-0.4, -0.2) is 38.1 Å². The molecule has 0 spiro atoms. The number of aliphatic carboxylic acids is 1. The predicted octanol–water partition coefficient (Wildman–Crippen LogP) is 3.29. The van der Waals surface area contributed by atoms with E-state index in [1.807, 2.05) is 0 Å². The molecule has 0 radical (unpaired) electrons. The molecular formula is C18H35NO2. The minimum absolute atomic E-state index is 0.365. The summed E-state index contributed by atoms with van der Waals surface area (Å²) in [6.07, 6.45) is 14.3. The van der Waals surface area contributed by atoms with Crippen LogP contribution in [-0.2, 0) is 4.79 Å². The van der Waals surface area contributed by atoms with Crippen LogP contribution in [0.3, 0.4) is 0 Å². The van der Waals surface area contributed by atoms with Gasteiger partial charge in [0.15, 0.2) is 0 Å². The Bertz CT molecular complexity index is 303. The lowest BCUT2D eigenvalue weighted by Crippen LogP contribution is -2.35. The van der Waals surface area contributed by atoms with Crippen molar-refractivity contribution in [3.05, 3.63) is 11.6 Å². The predicted molar refractivity (Wildman–Crippen MR) is 87.8 cm³/mol. The second kappa shape index (κ2) is 11.8. The lowest BCUT2D eigenvalue weighted by molar-refractivity contribution is -0.870. The van der Waals surface area contributed by atoms with Gasteiger partial charge in [0.2, 0.25) is 0 Å². The summed E-state index contributed by atoms with van der Waals surface area (Å²) < 4.78 is 1.08. The maximum Gasteiger partial charge on any atom is 0.0780 e. The maximum absolute atomic E-state index is 10.5. The second-order valence-corrected chi connectivity index (χ2v) is 7.16. The number of hydrogen-bond donors (Lipinski definition) is 0. The molecule has 124 valence electrons. The van der Waals surface area contributed by atoms with E-state index in [1.165, 1.54) is 57.9 Å². The monoisotopic (exact) mass is 297 g/mol. The minimum atomic E-state index is -1.04. The van der Waals surface area contributed by atoms with Gasteiger partial charge in [-0.1, -0.05) is 44.6 Å². The summed E-state index contributed by atoms with van der Waals surface area (Å²) in [5, 5.41) is 10.5. The average molecular weight is 297 g/mol. The van der Waals surface area contributed by atoms with Crippen LogP contribution in [0.25, 0.3) is 0 Å². The highest BCUT2D eigenvalue weighted by Crippen LogP contribution is 2.11. The van der Waals surface area contributed by atoms with E-state index < -0.39 is 5.97 Å². The summed E-state index contributed by atoms with van der Waals surface area (Å²) >= 11 is 0. The molecule has 0 bridgehead atoms. The molecule has 0 saturated carbocycles. The van der Waals surface area contributed by atoms with Gasteiger partial charge >= 0.3 is 0 Å². The Morgan fingerprint density at radius 3 is 1.71 bits per heavy atom. The number of hydrogen-bond acceptors (Lipinski definition) is 2. The first-order valence-electron chi connectivity index (χ1n) is 8.51. The van der Waals surface area contributed by atoms with Crippen molar-refractivity contribution < 1.29 is 14.4 Å². The van der Waals surface area contributed by atoms with Crippen LogP contribution >= 0.6 is 0 Å². The second-order valence-electron chi connectivity index (χ2n) is 7.16. The van der Waals surface area contributed by atoms with Crippen molar-refractivity contribution in [3.63, 3.8) is 0 Å². The summed E-state index contributed by atoms with van der Waals surface area (Å²) in [6, 6.07) is 0. The third-order valence-corrected chi connectivity index (χ3v) is 3.81. The fraction of sp³-hybridized carbons (Fsp3) is 0.833. The van der Waals surface area contributed by atoms with Crippen molar-refractivity contribution in [1.82, 2.24) is 0 Å². The zero-order chi connectivity index (χ0) is 16.1. The fourth-order valence-corrected chi connectivity index (χ4v) is 2.37. The van der Waals surface area contributed by atoms with Gasteiger partial charge in [-0.25, -0.2) is 0 Å². The molecule has 0 aliphatic carbocycles. The van der Waals surface area contributed by atoms with E-state index >= 15 is 0 Å². The van der Waals surface area contributed by atoms with E-state index in [0.29, 0.717) is 5.57 Å². The van der Waals surface area contributed by atoms with Crippen molar-refractivity contribution in [2.75, 3.05) is 27.7 Å². The number of carboxylic acids is 1. The van der Waals surface area contributed by atoms with Crippen LogP contribution < -0.4 is 5.11 Å². The molecule has 3 heteroatoms. The average Bonchev–Trinajstić information content (AvgIpc) is 2.38. The fourth-order valence-electron chi connectivity index (χ4n) is 2.37. The van der Waals surface area contributed by atoms with Crippen molar-refractivity contribution in [3.8, 4) is 0 Å². The molecule has 0 fully saturated rings. The van der Waals surface area contributed by atoms with E-state index in [-0.39, 0.29) is 0 Å². The lowest BCUT2D eigenvalue weighted by atomic mass is 10.1. The molecule has 21 heavy (non-hydrogen) atoms. The van der Waals surface area contributed by atoms with E-state index in [4.69, 9.17) is 0 Å². The number of carbonyl (C=O) groups excluding carboxylic acids is 1. The van der Waals surface area contributed by atoms with Crippen molar-refractivity contribution in [2.45, 2.75) is 71.1 Å². The van der Waals surface area contributed by atoms with E-state index in [0.717, 1.165) is 17.3 Å². The number of rotatable bonds is 13. The summed E-state index contributed by atoms with van der Waals surface area (Å²) in [7, 11) is 6.76. The Hall–Kier alpha value is -0.830. The Kier molecular flexibility index (Phi) is 11.3. The Morgan fingerprint density at radius 1 is 0.857 bits per heavy atom. The highest BCUT2D eigenvalue weighted by Gasteiger charge is 2.04. The first-order valence-corrected chi connectivity index (χ1v) is 8.51. The van der Waals surface area contributed by atoms with Crippen molar-refractivity contribution in [2.24, 2.45) is 0 Å². The molecule has 0 rings (SSSR count). The van der Waals surface area contributed by atoms with Gasteiger partial charge in [0.25, 0.3) is 0 Å². The first-order chi connectivity index (χ1) is 9.83. The molecule has 0 heterocycles. The van der Waals surface area contributed by atoms with Crippen LogP contribution in [0.4, 0.5) is 0 Å². The molecular weight excluding hydrogens is 262 g/mol. The number of carboxylic acid groups (broad SMARTS) is 1. The molecule has 0 aromatic rings. The normalized spacial score (nSPS) is 12.7. The minimum Gasteiger partial charge on any atom is -0.545 e. The van der Waals surface area contributed by atoms with Gasteiger partial charge < -0.3 is 14.4 Å². The molecule has 0 aromatic heterocycles. The first kappa shape index (κ1) is 20.2. The number of carbonyl (C=O) groups is 1. The summed E-state index contributed by atoms with van der Waals surface area (Å²) in [4.78, 5) is 10.5. The summed E-state index contributed by atoms with van der Waals surface area (Å²) in [6.45, 7) is 2.88. The topological polar surface area (TPSA) is 40.1 Å². The third kappa shape index (κ3) is 15.4. The Balaban J connectivity index is 3.23. The summed E-state index contributed by atoms with van der Waals surface area (Å²) in [5.41, 5.74) is 0.365. The Labute approximate surface area is 131 Å². The molecule has 0 atom stereocenters. The molecule has 0 saturated heterocycles. The smallest absolute Gasteiger partial charge is 0.0780 e. The SMILES string of the molecule is CC(=CCCCCCCCCCCC[N+](C)(C)C)C(=O)[O-]. The number of nitrogens with zero attached hydrogens (tertiary/aromatic N) is 1. The lowest BCUT2D eigenvalue weighted by Gasteiger charge is -2.23. The van der Waals surface area contributed by atoms with E-state index in [1.54, 1.807) is 13.0 Å². The highest BCUT2D eigenvalue weighted by atomic mass is 16.4. The number of allylic oxidation sites excluding steroid dienone is 1. The zero-order valence-corrected chi connectivity index (χ0v) is 14.6. The quantitative estimate of drug-likeness (QED) is 0.297. The van der Waals surface area contributed by atoms with Crippen LogP contribution in [0.2, 0.25) is 0 Å². The van der Waals surface area contributed by atoms with Gasteiger partial charge in [-0.3, -0.25) is 0 Å². The number of quaternary nitrogens is 1. The van der Waals surface area contributed by atoms with Crippen LogP contribution in [0.5, 0.6) is 0 Å². The zero-order valence-electron chi connectivity index (χ0n) is 14.6. The molecule has 0 aliphatic heterocycles. The van der Waals surface area contributed by atoms with Crippen LogP contribution in [0.15, 0.2) is 11.6 Å². The Morgan fingerprint density at radius 2 is 1.29 bits per heavy atom. The molecule has 0 aliphatic rings. The largest absolute Gasteiger partial charge is 0.545 e. The van der Waals surface area contributed by atoms with Gasteiger partial charge in [0.1, 0.15) is 0 Å². The van der Waals surface area contributed by atoms with Gasteiger partial charge in [-0.05, 0) is 38.2 Å². The third-order valence-electron chi connectivity index (χ3n) is 3.81. The van der Waals surface area contributed by atoms with Gasteiger partial charge in [-0.15, -0.1) is 0 Å². The molecule has 3 nitrogen and oxygen atoms in total. The standard InChI is InChI=1S/C18H35NO2/c1-17(18(20)21)15-13-11-9-7-5-6-8-10-12-14-16-19(2,3)4/h15H,5-14,16H2,1-4H3. The van der Waals surface area contributed by atoms with Gasteiger partial charge in [-0.2, -0.15) is 0 Å². The van der Waals surface area contributed by atoms with Gasteiger partial charge in [0, 0.05) is 0 Å². The van der Waals surface area contributed by atoms with E-state index in [2.05, 4.69) is 21.1 Å². The van der Waals surface area contributed by atoms with Crippen molar-refractivity contribution in [1.29, 1.82) is 0 Å². The van der Waals surface area contributed by atoms with Crippen molar-refractivity contribution >= 4 is 5.97 Å². The summed E-state index contributed by atoms with van der Waals surface area (Å²) in [5.74, 6) is -1.04. The molecule has 0 aromatic carbocycles.